The van der Waals surface area contributed by atoms with Crippen molar-refractivity contribution in [3.05, 3.63) is 5.92 Å². The van der Waals surface area contributed by atoms with Gasteiger partial charge in [-0.2, -0.15) is 0 Å². The molecule has 0 bridgehead atoms. The smallest absolute Gasteiger partial charge is 0.0190 e. The average molecular weight is 268 g/mol. The molecule has 0 aliphatic carbocycles. The van der Waals surface area contributed by atoms with Crippen molar-refractivity contribution in [3.63, 3.8) is 0 Å². The molecule has 0 heterocycles. The molecule has 0 unspecified atom stereocenters. The molecular formula is C19H39. The molecule has 0 saturated heterocycles. The van der Waals surface area contributed by atoms with Gasteiger partial charge in [-0.15, -0.1) is 0 Å². The van der Waals surface area contributed by atoms with Crippen molar-refractivity contribution in [3.8, 4) is 0 Å². The first-order valence-electron chi connectivity index (χ1n) is 8.87. The van der Waals surface area contributed by atoms with Crippen molar-refractivity contribution in [1.29, 1.82) is 0 Å². The lowest BCUT2D eigenvalue weighted by molar-refractivity contribution is 0.380. The molecule has 0 saturated carbocycles. The maximum absolute atomic E-state index is 2.36. The van der Waals surface area contributed by atoms with Gasteiger partial charge in [0.2, 0.25) is 0 Å². The van der Waals surface area contributed by atoms with Crippen LogP contribution in [0.1, 0.15) is 112 Å². The van der Waals surface area contributed by atoms with Crippen molar-refractivity contribution >= 4 is 0 Å². The van der Waals surface area contributed by atoms with Crippen molar-refractivity contribution in [2.75, 3.05) is 0 Å². The molecule has 0 aliphatic heterocycles. The van der Waals surface area contributed by atoms with Crippen LogP contribution in [0.15, 0.2) is 0 Å². The topological polar surface area (TPSA) is 0 Å². The Labute approximate surface area is 123 Å². The Hall–Kier alpha value is 0. The third-order valence-corrected chi connectivity index (χ3v) is 4.32. The molecule has 0 amide bonds. The van der Waals surface area contributed by atoms with E-state index in [0.717, 1.165) is 0 Å². The molecule has 0 aromatic carbocycles. The number of unbranched alkanes of at least 4 members (excludes halogenated alkanes) is 9. The Morgan fingerprint density at radius 1 is 0.632 bits per heavy atom. The van der Waals surface area contributed by atoms with Crippen LogP contribution >= 0.6 is 0 Å². The first-order chi connectivity index (χ1) is 9.02. The lowest BCUT2D eigenvalue weighted by atomic mass is 9.76. The van der Waals surface area contributed by atoms with Crippen LogP contribution in [0.4, 0.5) is 0 Å². The highest BCUT2D eigenvalue weighted by atomic mass is 14.3. The van der Waals surface area contributed by atoms with Gasteiger partial charge in [0.15, 0.2) is 0 Å². The van der Waals surface area contributed by atoms with E-state index in [9.17, 15) is 0 Å². The number of rotatable bonds is 12. The Morgan fingerprint density at radius 2 is 1.05 bits per heavy atom. The van der Waals surface area contributed by atoms with Gasteiger partial charge in [-0.3, -0.25) is 0 Å². The maximum Gasteiger partial charge on any atom is -0.0190 e. The summed E-state index contributed by atoms with van der Waals surface area (Å²) in [5.41, 5.74) is 0.425. The molecule has 0 N–H and O–H groups in total. The summed E-state index contributed by atoms with van der Waals surface area (Å²) in [5.74, 6) is 1.76. The van der Waals surface area contributed by atoms with Gasteiger partial charge in [0.25, 0.3) is 0 Å². The van der Waals surface area contributed by atoms with Gasteiger partial charge < -0.3 is 0 Å². The van der Waals surface area contributed by atoms with Gasteiger partial charge in [-0.1, -0.05) is 98.8 Å². The van der Waals surface area contributed by atoms with E-state index in [-0.39, 0.29) is 0 Å². The van der Waals surface area contributed by atoms with E-state index in [1.54, 1.807) is 5.92 Å². The predicted octanol–water partition coefficient (Wildman–Crippen LogP) is 7.33. The molecule has 0 aromatic rings. The van der Waals surface area contributed by atoms with Gasteiger partial charge in [0.1, 0.15) is 0 Å². The second kappa shape index (κ2) is 11.8. The zero-order valence-electron chi connectivity index (χ0n) is 14.5. The maximum atomic E-state index is 2.36. The Morgan fingerprint density at radius 3 is 1.42 bits per heavy atom. The Balaban J connectivity index is 3.31. The highest BCUT2D eigenvalue weighted by Gasteiger charge is 2.22. The van der Waals surface area contributed by atoms with Gasteiger partial charge >= 0.3 is 0 Å². The molecule has 0 heteroatoms. The van der Waals surface area contributed by atoms with Crippen LogP contribution in [-0.4, -0.2) is 0 Å². The molecule has 115 valence electrons. The van der Waals surface area contributed by atoms with E-state index in [4.69, 9.17) is 0 Å². The van der Waals surface area contributed by atoms with Crippen LogP contribution in [0, 0.1) is 11.3 Å². The molecule has 0 spiro atoms. The minimum Gasteiger partial charge on any atom is -0.0654 e. The molecular weight excluding hydrogens is 228 g/mol. The minimum atomic E-state index is 0.425. The van der Waals surface area contributed by atoms with E-state index >= 15 is 0 Å². The van der Waals surface area contributed by atoms with E-state index in [1.807, 2.05) is 0 Å². The monoisotopic (exact) mass is 267 g/mol. The fourth-order valence-electron chi connectivity index (χ4n) is 2.91. The fourth-order valence-corrected chi connectivity index (χ4v) is 2.91. The van der Waals surface area contributed by atoms with E-state index in [0.29, 0.717) is 5.41 Å². The van der Waals surface area contributed by atoms with Crippen LogP contribution in [0.5, 0.6) is 0 Å². The normalized spacial score (nSPS) is 12.3. The van der Waals surface area contributed by atoms with Crippen LogP contribution in [0.3, 0.4) is 0 Å². The first kappa shape index (κ1) is 19.0. The molecule has 19 heavy (non-hydrogen) atoms. The summed E-state index contributed by atoms with van der Waals surface area (Å²) in [6.45, 7) is 11.7. The van der Waals surface area contributed by atoms with Gasteiger partial charge in [-0.05, 0) is 24.2 Å². The van der Waals surface area contributed by atoms with Crippen molar-refractivity contribution in [1.82, 2.24) is 0 Å². The second-order valence-corrected chi connectivity index (χ2v) is 7.14. The fraction of sp³-hybridized carbons (Fsp3) is 0.947. The highest BCUT2D eigenvalue weighted by molar-refractivity contribution is 4.99. The molecule has 1 radical (unpaired) electrons. The largest absolute Gasteiger partial charge is 0.0654 e. The quantitative estimate of drug-likeness (QED) is 0.325. The van der Waals surface area contributed by atoms with E-state index in [2.05, 4.69) is 34.6 Å². The first-order valence-corrected chi connectivity index (χ1v) is 8.87. The summed E-state index contributed by atoms with van der Waals surface area (Å²) >= 11 is 0. The SMILES string of the molecule is CCCCCCCCCCCC[C](CC)C(C)(C)C. The predicted molar refractivity (Wildman–Crippen MR) is 89.5 cm³/mol. The van der Waals surface area contributed by atoms with Crippen molar-refractivity contribution in [2.45, 2.75) is 112 Å². The van der Waals surface area contributed by atoms with E-state index in [1.165, 1.54) is 77.0 Å². The lowest BCUT2D eigenvalue weighted by Gasteiger charge is -2.29. The van der Waals surface area contributed by atoms with Gasteiger partial charge in [0, 0.05) is 0 Å². The summed E-state index contributed by atoms with van der Waals surface area (Å²) in [4.78, 5) is 0. The lowest BCUT2D eigenvalue weighted by Crippen LogP contribution is -2.17. The average Bonchev–Trinajstić information content (AvgIpc) is 2.34. The standard InChI is InChI=1S/C19H39/c1-6-8-9-10-11-12-13-14-15-16-17-18(7-2)19(3,4)5/h6-17H2,1-5H3. The number of hydrogen-bond donors (Lipinski definition) is 0. The summed E-state index contributed by atoms with van der Waals surface area (Å²) in [6, 6.07) is 0. The third kappa shape index (κ3) is 11.5. The third-order valence-electron chi connectivity index (χ3n) is 4.32. The molecule has 0 aromatic heterocycles. The molecule has 0 fully saturated rings. The van der Waals surface area contributed by atoms with Gasteiger partial charge in [0.05, 0.1) is 0 Å². The van der Waals surface area contributed by atoms with Crippen LogP contribution in [0.25, 0.3) is 0 Å². The highest BCUT2D eigenvalue weighted by Crippen LogP contribution is 2.34. The minimum absolute atomic E-state index is 0.425. The van der Waals surface area contributed by atoms with Crippen molar-refractivity contribution in [2.24, 2.45) is 5.41 Å². The molecule has 0 atom stereocenters. The summed E-state index contributed by atoms with van der Waals surface area (Å²) in [5, 5.41) is 0. The summed E-state index contributed by atoms with van der Waals surface area (Å²) < 4.78 is 0. The van der Waals surface area contributed by atoms with Crippen molar-refractivity contribution < 1.29 is 0 Å². The van der Waals surface area contributed by atoms with Crippen LogP contribution in [-0.2, 0) is 0 Å². The zero-order valence-corrected chi connectivity index (χ0v) is 14.5. The molecule has 0 nitrogen and oxygen atoms in total. The Bertz CT molecular complexity index is 175. The molecule has 0 aliphatic rings. The summed E-state index contributed by atoms with van der Waals surface area (Å²) in [7, 11) is 0. The van der Waals surface area contributed by atoms with Gasteiger partial charge in [-0.25, -0.2) is 0 Å². The number of hydrogen-bond acceptors (Lipinski definition) is 0. The Kier molecular flexibility index (Phi) is 11.8. The van der Waals surface area contributed by atoms with Crippen LogP contribution < -0.4 is 0 Å². The zero-order chi connectivity index (χ0) is 14.6. The van der Waals surface area contributed by atoms with Crippen LogP contribution in [0.2, 0.25) is 0 Å². The molecule has 0 rings (SSSR count). The van der Waals surface area contributed by atoms with E-state index < -0.39 is 0 Å². The summed E-state index contributed by atoms with van der Waals surface area (Å²) in [6.07, 6.45) is 17.0. The second-order valence-electron chi connectivity index (χ2n) is 7.14.